The molecule has 3 nitrogen and oxygen atoms in total. The maximum atomic E-state index is 11.6. The van der Waals surface area contributed by atoms with Crippen molar-refractivity contribution < 1.29 is 14.3 Å². The van der Waals surface area contributed by atoms with Crippen molar-refractivity contribution in [3.8, 4) is 0 Å². The molecular weight excluding hydrogens is 224 g/mol. The third-order valence-electron chi connectivity index (χ3n) is 2.82. The molecule has 4 heteroatoms. The first-order chi connectivity index (χ1) is 7.83. The molecule has 1 aromatic rings. The van der Waals surface area contributed by atoms with Crippen LogP contribution in [-0.4, -0.2) is 30.0 Å². The molecule has 16 heavy (non-hydrogen) atoms. The summed E-state index contributed by atoms with van der Waals surface area (Å²) in [6, 6.07) is 10.1. The van der Waals surface area contributed by atoms with E-state index in [1.54, 1.807) is 11.8 Å². The number of Topliss-reactive ketones (excluding diaryl/α,β-unsaturated/α-hetero) is 1. The third-order valence-corrected chi connectivity index (χ3v) is 4.14. The molecular formula is C12H12O3S. The lowest BCUT2D eigenvalue weighted by molar-refractivity contribution is -0.151. The van der Waals surface area contributed by atoms with E-state index >= 15 is 0 Å². The molecule has 0 radical (unpaired) electrons. The van der Waals surface area contributed by atoms with Gasteiger partial charge in [0.2, 0.25) is 6.29 Å². The lowest BCUT2D eigenvalue weighted by atomic mass is 10.1. The van der Waals surface area contributed by atoms with Gasteiger partial charge in [0.05, 0.1) is 12.7 Å². The second kappa shape index (κ2) is 4.20. The van der Waals surface area contributed by atoms with E-state index in [1.165, 1.54) is 4.90 Å². The molecule has 0 aromatic heterocycles. The minimum absolute atomic E-state index is 0.0629. The van der Waals surface area contributed by atoms with E-state index in [0.29, 0.717) is 13.0 Å². The summed E-state index contributed by atoms with van der Waals surface area (Å²) in [5.41, 5.74) is 0. The van der Waals surface area contributed by atoms with E-state index in [-0.39, 0.29) is 17.1 Å². The molecule has 84 valence electrons. The number of ketones is 1. The monoisotopic (exact) mass is 236 g/mol. The van der Waals surface area contributed by atoms with Crippen molar-refractivity contribution in [1.82, 2.24) is 0 Å². The highest BCUT2D eigenvalue weighted by Gasteiger charge is 2.43. The Kier molecular flexibility index (Phi) is 2.71. The lowest BCUT2D eigenvalue weighted by Gasteiger charge is -2.25. The SMILES string of the molecule is O=C1C[C@H](Sc2ccccc2)C2CO[C@H]1O2. The van der Waals surface area contributed by atoms with Gasteiger partial charge in [0.15, 0.2) is 5.78 Å². The van der Waals surface area contributed by atoms with Gasteiger partial charge in [-0.15, -0.1) is 11.8 Å². The Labute approximate surface area is 98.1 Å². The molecule has 2 aliphatic heterocycles. The zero-order valence-corrected chi connectivity index (χ0v) is 9.48. The Morgan fingerprint density at radius 1 is 1.25 bits per heavy atom. The van der Waals surface area contributed by atoms with Gasteiger partial charge in [0, 0.05) is 16.6 Å². The second-order valence-electron chi connectivity index (χ2n) is 3.98. The van der Waals surface area contributed by atoms with Gasteiger partial charge in [-0.05, 0) is 12.1 Å². The van der Waals surface area contributed by atoms with Crippen molar-refractivity contribution in [1.29, 1.82) is 0 Å². The number of rotatable bonds is 2. The van der Waals surface area contributed by atoms with Crippen LogP contribution in [0.3, 0.4) is 0 Å². The van der Waals surface area contributed by atoms with E-state index in [0.717, 1.165) is 0 Å². The minimum atomic E-state index is -0.586. The second-order valence-corrected chi connectivity index (χ2v) is 5.29. The van der Waals surface area contributed by atoms with Gasteiger partial charge in [-0.25, -0.2) is 0 Å². The van der Waals surface area contributed by atoms with Crippen molar-refractivity contribution in [2.75, 3.05) is 6.61 Å². The van der Waals surface area contributed by atoms with E-state index < -0.39 is 6.29 Å². The quantitative estimate of drug-likeness (QED) is 0.785. The summed E-state index contributed by atoms with van der Waals surface area (Å²) in [6.07, 6.45) is 0.0278. The molecule has 1 unspecified atom stereocenters. The largest absolute Gasteiger partial charge is 0.343 e. The molecule has 0 spiro atoms. The predicted molar refractivity (Wildman–Crippen MR) is 60.3 cm³/mol. The van der Waals surface area contributed by atoms with Crippen LogP contribution >= 0.6 is 11.8 Å². The standard InChI is InChI=1S/C12H12O3S/c13-9-6-11(10-7-14-12(9)15-10)16-8-4-2-1-3-5-8/h1-5,10-12H,6-7H2/t10?,11-,12-/m0/s1. The normalized spacial score (nSPS) is 33.0. The fraction of sp³-hybridized carbons (Fsp3) is 0.417. The van der Waals surface area contributed by atoms with Crippen LogP contribution in [0.1, 0.15) is 6.42 Å². The van der Waals surface area contributed by atoms with Crippen molar-refractivity contribution in [2.24, 2.45) is 0 Å². The van der Waals surface area contributed by atoms with Crippen LogP contribution in [0.2, 0.25) is 0 Å². The minimum Gasteiger partial charge on any atom is -0.343 e. The Hall–Kier alpha value is -0.840. The number of fused-ring (bicyclic) bond motifs is 2. The van der Waals surface area contributed by atoms with Gasteiger partial charge >= 0.3 is 0 Å². The van der Waals surface area contributed by atoms with Gasteiger partial charge < -0.3 is 9.47 Å². The first-order valence-electron chi connectivity index (χ1n) is 5.34. The molecule has 3 atom stereocenters. The van der Waals surface area contributed by atoms with E-state index in [1.807, 2.05) is 18.2 Å². The maximum absolute atomic E-state index is 11.6. The molecule has 0 saturated carbocycles. The van der Waals surface area contributed by atoms with Crippen molar-refractivity contribution >= 4 is 17.5 Å². The van der Waals surface area contributed by atoms with Gasteiger partial charge in [-0.1, -0.05) is 18.2 Å². The van der Waals surface area contributed by atoms with Crippen LogP contribution in [0.4, 0.5) is 0 Å². The van der Waals surface area contributed by atoms with Crippen molar-refractivity contribution in [3.63, 3.8) is 0 Å². The predicted octanol–water partition coefficient (Wildman–Crippen LogP) is 1.86. The van der Waals surface area contributed by atoms with Crippen LogP contribution < -0.4 is 0 Å². The molecule has 0 N–H and O–H groups in total. The smallest absolute Gasteiger partial charge is 0.218 e. The number of hydrogen-bond donors (Lipinski definition) is 0. The van der Waals surface area contributed by atoms with Gasteiger partial charge in [-0.3, -0.25) is 4.79 Å². The average molecular weight is 236 g/mol. The summed E-state index contributed by atoms with van der Waals surface area (Å²) in [5, 5.41) is 0.189. The first kappa shape index (κ1) is 10.3. The van der Waals surface area contributed by atoms with Crippen molar-refractivity contribution in [3.05, 3.63) is 30.3 Å². The highest BCUT2D eigenvalue weighted by atomic mass is 32.2. The molecule has 2 bridgehead atoms. The third kappa shape index (κ3) is 1.88. The number of carbonyl (C=O) groups excluding carboxylic acids is 1. The van der Waals surface area contributed by atoms with Crippen LogP contribution in [0.25, 0.3) is 0 Å². The molecule has 2 saturated heterocycles. The topological polar surface area (TPSA) is 35.5 Å². The average Bonchev–Trinajstić information content (AvgIpc) is 2.73. The fourth-order valence-electron chi connectivity index (χ4n) is 2.00. The molecule has 2 aliphatic rings. The van der Waals surface area contributed by atoms with Gasteiger partial charge in [-0.2, -0.15) is 0 Å². The van der Waals surface area contributed by atoms with Gasteiger partial charge in [0.25, 0.3) is 0 Å². The van der Waals surface area contributed by atoms with Crippen LogP contribution in [0, 0.1) is 0 Å². The number of thioether (sulfide) groups is 1. The Morgan fingerprint density at radius 2 is 2.06 bits per heavy atom. The lowest BCUT2D eigenvalue weighted by Crippen LogP contribution is -2.37. The Bertz CT molecular complexity index is 393. The number of ether oxygens (including phenoxy) is 2. The van der Waals surface area contributed by atoms with Crippen LogP contribution in [0.5, 0.6) is 0 Å². The maximum Gasteiger partial charge on any atom is 0.218 e. The summed E-state index contributed by atoms with van der Waals surface area (Å²) in [7, 11) is 0. The number of benzene rings is 1. The molecule has 0 aliphatic carbocycles. The van der Waals surface area contributed by atoms with Crippen molar-refractivity contribution in [2.45, 2.75) is 29.0 Å². The molecule has 0 amide bonds. The molecule has 3 rings (SSSR count). The zero-order valence-electron chi connectivity index (χ0n) is 8.67. The highest BCUT2D eigenvalue weighted by Crippen LogP contribution is 2.36. The molecule has 2 heterocycles. The molecule has 1 aromatic carbocycles. The summed E-state index contributed by atoms with van der Waals surface area (Å²) >= 11 is 1.70. The highest BCUT2D eigenvalue weighted by molar-refractivity contribution is 8.00. The van der Waals surface area contributed by atoms with Crippen LogP contribution in [0.15, 0.2) is 35.2 Å². The summed E-state index contributed by atoms with van der Waals surface area (Å²) in [4.78, 5) is 12.8. The zero-order chi connectivity index (χ0) is 11.0. The molecule has 2 fully saturated rings. The van der Waals surface area contributed by atoms with Gasteiger partial charge in [0.1, 0.15) is 0 Å². The van der Waals surface area contributed by atoms with Crippen LogP contribution in [-0.2, 0) is 14.3 Å². The van der Waals surface area contributed by atoms with E-state index in [9.17, 15) is 4.79 Å². The first-order valence-corrected chi connectivity index (χ1v) is 6.22. The number of carbonyl (C=O) groups is 1. The van der Waals surface area contributed by atoms with E-state index in [4.69, 9.17) is 9.47 Å². The van der Waals surface area contributed by atoms with E-state index in [2.05, 4.69) is 12.1 Å². The summed E-state index contributed by atoms with van der Waals surface area (Å²) in [6.45, 7) is 0.543. The number of hydrogen-bond acceptors (Lipinski definition) is 4. The Balaban J connectivity index is 1.73. The fourth-order valence-corrected chi connectivity index (χ4v) is 3.21. The summed E-state index contributed by atoms with van der Waals surface area (Å²) in [5.74, 6) is 0.0715. The Morgan fingerprint density at radius 3 is 2.88 bits per heavy atom. The summed E-state index contributed by atoms with van der Waals surface area (Å²) < 4.78 is 10.8.